The lowest BCUT2D eigenvalue weighted by Crippen LogP contribution is -2.17. The van der Waals surface area contributed by atoms with E-state index in [2.05, 4.69) is 24.9 Å². The summed E-state index contributed by atoms with van der Waals surface area (Å²) in [6.07, 6.45) is 5.55. The van der Waals surface area contributed by atoms with Crippen LogP contribution < -0.4 is 10.5 Å². The zero-order valence-corrected chi connectivity index (χ0v) is 12.6. The number of fused-ring (bicyclic) bond motifs is 1. The van der Waals surface area contributed by atoms with Gasteiger partial charge in [0, 0.05) is 5.69 Å². The Labute approximate surface area is 120 Å². The summed E-state index contributed by atoms with van der Waals surface area (Å²) in [6.45, 7) is 5.02. The molecule has 2 N–H and O–H groups in total. The first-order valence-corrected chi connectivity index (χ1v) is 7.44. The highest BCUT2D eigenvalue weighted by Gasteiger charge is 2.17. The lowest BCUT2D eigenvalue weighted by molar-refractivity contribution is 0.278. The smallest absolute Gasteiger partial charge is 0.224 e. The number of aryl methyl sites for hydroxylation is 2. The maximum atomic E-state index is 5.80. The van der Waals surface area contributed by atoms with Gasteiger partial charge in [-0.15, -0.1) is 0 Å². The van der Waals surface area contributed by atoms with Crippen molar-refractivity contribution in [2.75, 3.05) is 6.61 Å². The fourth-order valence-electron chi connectivity index (χ4n) is 2.29. The van der Waals surface area contributed by atoms with Gasteiger partial charge in [-0.25, -0.2) is 4.98 Å². The van der Waals surface area contributed by atoms with Crippen LogP contribution in [-0.2, 0) is 12.8 Å². The van der Waals surface area contributed by atoms with E-state index in [4.69, 9.17) is 22.7 Å². The molecule has 0 saturated heterocycles. The van der Waals surface area contributed by atoms with Crippen LogP contribution in [0.1, 0.15) is 49.9 Å². The third-order valence-corrected chi connectivity index (χ3v) is 3.69. The van der Waals surface area contributed by atoms with Gasteiger partial charge in [-0.3, -0.25) is 0 Å². The average Bonchev–Trinajstić information content (AvgIpc) is 2.37. The molecule has 2 rings (SSSR count). The summed E-state index contributed by atoms with van der Waals surface area (Å²) in [5.41, 5.74) is 9.02. The van der Waals surface area contributed by atoms with E-state index < -0.39 is 0 Å². The maximum absolute atomic E-state index is 5.80. The first-order valence-electron chi connectivity index (χ1n) is 7.03. The molecule has 0 radical (unpaired) electrons. The fraction of sp³-hybridized carbons (Fsp3) is 0.600. The zero-order chi connectivity index (χ0) is 13.8. The predicted molar refractivity (Wildman–Crippen MR) is 81.7 cm³/mol. The van der Waals surface area contributed by atoms with Crippen molar-refractivity contribution in [1.29, 1.82) is 0 Å². The second-order valence-corrected chi connectivity index (χ2v) is 5.99. The van der Waals surface area contributed by atoms with Gasteiger partial charge in [-0.1, -0.05) is 26.1 Å². The van der Waals surface area contributed by atoms with Crippen LogP contribution in [0.15, 0.2) is 6.07 Å². The minimum atomic E-state index is 0.375. The zero-order valence-electron chi connectivity index (χ0n) is 11.7. The number of hydrogen-bond donors (Lipinski definition) is 1. The lowest BCUT2D eigenvalue weighted by atomic mass is 9.95. The Morgan fingerprint density at radius 1 is 1.42 bits per heavy atom. The standard InChI is InChI=1S/C15H22N2OS/c1-10(2)7-8-18-15-12(14(16)19)9-11-5-3-4-6-13(11)17-15/h9-10H,3-8H2,1-2H3,(H2,16,19). The third-order valence-electron chi connectivity index (χ3n) is 3.47. The summed E-state index contributed by atoms with van der Waals surface area (Å²) in [4.78, 5) is 5.02. The Morgan fingerprint density at radius 3 is 2.84 bits per heavy atom. The van der Waals surface area contributed by atoms with Crippen molar-refractivity contribution >= 4 is 17.2 Å². The number of pyridine rings is 1. The summed E-state index contributed by atoms with van der Waals surface area (Å²) in [7, 11) is 0. The Balaban J connectivity index is 2.21. The minimum Gasteiger partial charge on any atom is -0.477 e. The first kappa shape index (κ1) is 14.3. The number of nitrogens with zero attached hydrogens (tertiary/aromatic N) is 1. The molecule has 0 amide bonds. The molecular formula is C15H22N2OS. The molecule has 0 bridgehead atoms. The molecule has 0 atom stereocenters. The Hall–Kier alpha value is -1.16. The SMILES string of the molecule is CC(C)CCOc1nc2c(cc1C(N)=S)CCCC2. The van der Waals surface area contributed by atoms with Crippen molar-refractivity contribution in [3.63, 3.8) is 0 Å². The van der Waals surface area contributed by atoms with Gasteiger partial charge in [0.1, 0.15) is 4.99 Å². The number of rotatable bonds is 5. The molecule has 1 aromatic rings. The van der Waals surface area contributed by atoms with E-state index in [0.717, 1.165) is 30.5 Å². The summed E-state index contributed by atoms with van der Waals surface area (Å²) >= 11 is 5.11. The summed E-state index contributed by atoms with van der Waals surface area (Å²) < 4.78 is 5.80. The van der Waals surface area contributed by atoms with Crippen LogP contribution in [0.25, 0.3) is 0 Å². The topological polar surface area (TPSA) is 48.1 Å². The molecule has 3 nitrogen and oxygen atoms in total. The molecule has 0 spiro atoms. The Kier molecular flexibility index (Phi) is 4.75. The number of nitrogens with two attached hydrogens (primary N) is 1. The maximum Gasteiger partial charge on any atom is 0.224 e. The van der Waals surface area contributed by atoms with Crippen molar-refractivity contribution in [2.24, 2.45) is 11.7 Å². The van der Waals surface area contributed by atoms with Gasteiger partial charge >= 0.3 is 0 Å². The summed E-state index contributed by atoms with van der Waals surface area (Å²) in [6, 6.07) is 2.08. The monoisotopic (exact) mass is 278 g/mol. The quantitative estimate of drug-likeness (QED) is 0.841. The molecule has 104 valence electrons. The second kappa shape index (κ2) is 6.33. The number of hydrogen-bond acceptors (Lipinski definition) is 3. The van der Waals surface area contributed by atoms with Crippen LogP contribution in [0.5, 0.6) is 5.88 Å². The van der Waals surface area contributed by atoms with E-state index in [9.17, 15) is 0 Å². The van der Waals surface area contributed by atoms with E-state index in [1.165, 1.54) is 18.4 Å². The van der Waals surface area contributed by atoms with Gasteiger partial charge in [0.15, 0.2) is 0 Å². The molecule has 0 saturated carbocycles. The molecule has 1 aliphatic rings. The Bertz CT molecular complexity index is 471. The molecule has 0 aromatic carbocycles. The highest BCUT2D eigenvalue weighted by atomic mass is 32.1. The lowest BCUT2D eigenvalue weighted by Gasteiger charge is -2.18. The van der Waals surface area contributed by atoms with Crippen molar-refractivity contribution in [3.8, 4) is 5.88 Å². The van der Waals surface area contributed by atoms with Gasteiger partial charge in [-0.05, 0) is 49.7 Å². The van der Waals surface area contributed by atoms with Gasteiger partial charge in [-0.2, -0.15) is 0 Å². The van der Waals surface area contributed by atoms with Crippen LogP contribution in [0.3, 0.4) is 0 Å². The summed E-state index contributed by atoms with van der Waals surface area (Å²) in [5.74, 6) is 1.24. The molecule has 0 aliphatic heterocycles. The number of ether oxygens (including phenoxy) is 1. The van der Waals surface area contributed by atoms with Crippen LogP contribution in [-0.4, -0.2) is 16.6 Å². The van der Waals surface area contributed by atoms with Crippen molar-refractivity contribution in [2.45, 2.75) is 46.0 Å². The van der Waals surface area contributed by atoms with E-state index >= 15 is 0 Å². The molecule has 19 heavy (non-hydrogen) atoms. The van der Waals surface area contributed by atoms with Crippen molar-refractivity contribution in [3.05, 3.63) is 22.9 Å². The summed E-state index contributed by atoms with van der Waals surface area (Å²) in [5, 5.41) is 0. The van der Waals surface area contributed by atoms with E-state index in [1.54, 1.807) is 0 Å². The highest BCUT2D eigenvalue weighted by Crippen LogP contribution is 2.26. The van der Waals surface area contributed by atoms with E-state index in [0.29, 0.717) is 23.4 Å². The minimum absolute atomic E-state index is 0.375. The normalized spacial score (nSPS) is 14.3. The number of thiocarbonyl (C=S) groups is 1. The molecular weight excluding hydrogens is 256 g/mol. The molecule has 4 heteroatoms. The molecule has 1 aromatic heterocycles. The van der Waals surface area contributed by atoms with Gasteiger partial charge in [0.25, 0.3) is 0 Å². The van der Waals surface area contributed by atoms with Crippen molar-refractivity contribution < 1.29 is 4.74 Å². The highest BCUT2D eigenvalue weighted by molar-refractivity contribution is 7.80. The van der Waals surface area contributed by atoms with Gasteiger partial charge in [0.2, 0.25) is 5.88 Å². The molecule has 1 aliphatic carbocycles. The Morgan fingerprint density at radius 2 is 2.16 bits per heavy atom. The van der Waals surface area contributed by atoms with E-state index in [-0.39, 0.29) is 0 Å². The third kappa shape index (κ3) is 3.66. The van der Waals surface area contributed by atoms with Gasteiger partial charge < -0.3 is 10.5 Å². The second-order valence-electron chi connectivity index (χ2n) is 5.55. The fourth-order valence-corrected chi connectivity index (χ4v) is 2.44. The predicted octanol–water partition coefficient (Wildman–Crippen LogP) is 3.02. The average molecular weight is 278 g/mol. The number of aromatic nitrogens is 1. The van der Waals surface area contributed by atoms with Crippen LogP contribution in [0, 0.1) is 5.92 Å². The van der Waals surface area contributed by atoms with Crippen LogP contribution in [0.2, 0.25) is 0 Å². The van der Waals surface area contributed by atoms with Crippen LogP contribution in [0.4, 0.5) is 0 Å². The largest absolute Gasteiger partial charge is 0.477 e. The van der Waals surface area contributed by atoms with Crippen molar-refractivity contribution in [1.82, 2.24) is 4.98 Å². The molecule has 0 fully saturated rings. The molecule has 1 heterocycles. The van der Waals surface area contributed by atoms with Crippen LogP contribution >= 0.6 is 12.2 Å². The molecule has 0 unspecified atom stereocenters. The first-order chi connectivity index (χ1) is 9.08. The van der Waals surface area contributed by atoms with Gasteiger partial charge in [0.05, 0.1) is 12.2 Å². The van der Waals surface area contributed by atoms with E-state index in [1.807, 2.05) is 0 Å².